The fourth-order valence-corrected chi connectivity index (χ4v) is 4.38. The highest BCUT2D eigenvalue weighted by Crippen LogP contribution is 2.36. The molecule has 0 aromatic heterocycles. The van der Waals surface area contributed by atoms with Crippen LogP contribution < -0.4 is 4.74 Å². The summed E-state index contributed by atoms with van der Waals surface area (Å²) in [6.07, 6.45) is 4.43. The summed E-state index contributed by atoms with van der Waals surface area (Å²) in [6.45, 7) is 9.97. The predicted octanol–water partition coefficient (Wildman–Crippen LogP) is 5.63. The maximum Gasteiger partial charge on any atom is 0.315 e. The molecular formula is C28H35NO4. The van der Waals surface area contributed by atoms with E-state index in [0.29, 0.717) is 17.8 Å². The number of esters is 2. The molecule has 0 amide bonds. The number of nitrogens with zero attached hydrogens (tertiary/aromatic N) is 1. The summed E-state index contributed by atoms with van der Waals surface area (Å²) in [6, 6.07) is 16.9. The van der Waals surface area contributed by atoms with Gasteiger partial charge < -0.3 is 9.47 Å². The number of carbonyl (C=O) groups is 2. The van der Waals surface area contributed by atoms with Crippen molar-refractivity contribution in [1.29, 1.82) is 0 Å². The lowest BCUT2D eigenvalue weighted by atomic mass is 9.86. The molecule has 4 rings (SSSR count). The quantitative estimate of drug-likeness (QED) is 0.312. The summed E-state index contributed by atoms with van der Waals surface area (Å²) in [4.78, 5) is 27.0. The smallest absolute Gasteiger partial charge is 0.315 e. The SMILES string of the molecule is CC(C)N(CCC(c1ccccc1)c1cc2ccc1OC(=O)C/C=C\CC(=O)OC2)C(C)C. The Labute approximate surface area is 197 Å². The molecule has 2 heterocycles. The van der Waals surface area contributed by atoms with Crippen molar-refractivity contribution in [3.63, 3.8) is 0 Å². The lowest BCUT2D eigenvalue weighted by molar-refractivity contribution is -0.144. The number of ether oxygens (including phenoxy) is 2. The summed E-state index contributed by atoms with van der Waals surface area (Å²) < 4.78 is 11.3. The third-order valence-electron chi connectivity index (χ3n) is 6.01. The van der Waals surface area contributed by atoms with Gasteiger partial charge in [-0.2, -0.15) is 0 Å². The van der Waals surface area contributed by atoms with Crippen molar-refractivity contribution in [3.05, 3.63) is 77.4 Å². The molecule has 1 unspecified atom stereocenters. The third-order valence-corrected chi connectivity index (χ3v) is 6.01. The largest absolute Gasteiger partial charge is 0.461 e. The number of fused-ring (bicyclic) bond motifs is 9. The van der Waals surface area contributed by atoms with Crippen molar-refractivity contribution in [3.8, 4) is 5.75 Å². The second-order valence-corrected chi connectivity index (χ2v) is 9.06. The molecule has 0 radical (unpaired) electrons. The number of benzene rings is 2. The van der Waals surface area contributed by atoms with Gasteiger partial charge in [0, 0.05) is 23.6 Å². The first-order chi connectivity index (χ1) is 15.8. The van der Waals surface area contributed by atoms with Crippen LogP contribution in [0.5, 0.6) is 5.75 Å². The summed E-state index contributed by atoms with van der Waals surface area (Å²) in [5.41, 5.74) is 2.99. The molecule has 176 valence electrons. The molecule has 1 atom stereocenters. The average molecular weight is 450 g/mol. The highest BCUT2D eigenvalue weighted by molar-refractivity contribution is 5.75. The van der Waals surface area contributed by atoms with E-state index < -0.39 is 0 Å². The fourth-order valence-electron chi connectivity index (χ4n) is 4.38. The van der Waals surface area contributed by atoms with Gasteiger partial charge in [-0.3, -0.25) is 14.5 Å². The number of rotatable bonds is 7. The van der Waals surface area contributed by atoms with Crippen LogP contribution in [-0.2, 0) is 20.9 Å². The van der Waals surface area contributed by atoms with Crippen molar-refractivity contribution < 1.29 is 19.1 Å². The van der Waals surface area contributed by atoms with E-state index in [1.807, 2.05) is 36.4 Å². The second-order valence-electron chi connectivity index (χ2n) is 9.06. The van der Waals surface area contributed by atoms with E-state index in [1.54, 1.807) is 12.2 Å². The molecule has 5 nitrogen and oxygen atoms in total. The molecule has 2 aliphatic rings. The van der Waals surface area contributed by atoms with Gasteiger partial charge in [0.15, 0.2) is 0 Å². The molecule has 2 bridgehead atoms. The third kappa shape index (κ3) is 7.03. The highest BCUT2D eigenvalue weighted by atomic mass is 16.5. The fraction of sp³-hybridized carbons (Fsp3) is 0.429. The molecule has 0 spiro atoms. The molecule has 2 aromatic carbocycles. The van der Waals surface area contributed by atoms with Crippen LogP contribution in [0.25, 0.3) is 0 Å². The Morgan fingerprint density at radius 3 is 2.21 bits per heavy atom. The molecule has 5 heteroatoms. The summed E-state index contributed by atoms with van der Waals surface area (Å²) in [7, 11) is 0. The van der Waals surface area contributed by atoms with Crippen molar-refractivity contribution in [2.24, 2.45) is 0 Å². The number of carbonyl (C=O) groups excluding carboxylic acids is 2. The average Bonchev–Trinajstić information content (AvgIpc) is 2.80. The van der Waals surface area contributed by atoms with Gasteiger partial charge in [0.1, 0.15) is 12.4 Å². The van der Waals surface area contributed by atoms with Crippen LogP contribution in [0.4, 0.5) is 0 Å². The van der Waals surface area contributed by atoms with Crippen molar-refractivity contribution in [2.45, 2.75) is 71.6 Å². The molecule has 0 saturated carbocycles. The number of hydrogen-bond acceptors (Lipinski definition) is 5. The minimum Gasteiger partial charge on any atom is -0.461 e. The maximum absolute atomic E-state index is 12.5. The van der Waals surface area contributed by atoms with Crippen LogP contribution in [0.2, 0.25) is 0 Å². The summed E-state index contributed by atoms with van der Waals surface area (Å²) in [5.74, 6) is -0.0539. The Balaban J connectivity index is 2.02. The maximum atomic E-state index is 12.5. The van der Waals surface area contributed by atoms with E-state index in [2.05, 4.69) is 44.7 Å². The zero-order chi connectivity index (χ0) is 23.8. The van der Waals surface area contributed by atoms with Crippen LogP contribution in [0.3, 0.4) is 0 Å². The zero-order valence-electron chi connectivity index (χ0n) is 20.1. The normalized spacial score (nSPS) is 16.7. The van der Waals surface area contributed by atoms with Gasteiger partial charge in [0.25, 0.3) is 0 Å². The minimum absolute atomic E-state index is 0.0327. The van der Waals surface area contributed by atoms with Gasteiger partial charge in [-0.25, -0.2) is 0 Å². The van der Waals surface area contributed by atoms with Gasteiger partial charge in [-0.05, 0) is 63.9 Å². The molecule has 0 fully saturated rings. The molecule has 0 saturated heterocycles. The minimum atomic E-state index is -0.342. The van der Waals surface area contributed by atoms with Crippen LogP contribution in [-0.4, -0.2) is 35.5 Å². The van der Waals surface area contributed by atoms with Crippen LogP contribution in [0.1, 0.15) is 69.6 Å². The molecule has 2 aromatic rings. The van der Waals surface area contributed by atoms with Gasteiger partial charge in [0.05, 0.1) is 12.8 Å². The Hall–Kier alpha value is -2.92. The Bertz CT molecular complexity index is 957. The van der Waals surface area contributed by atoms with Crippen LogP contribution in [0, 0.1) is 0 Å². The first kappa shape index (κ1) is 24.7. The Kier molecular flexibility index (Phi) is 8.84. The number of hydrogen-bond donors (Lipinski definition) is 0. The van der Waals surface area contributed by atoms with Gasteiger partial charge in [-0.1, -0.05) is 48.6 Å². The van der Waals surface area contributed by atoms with Crippen LogP contribution >= 0.6 is 0 Å². The molecular weight excluding hydrogens is 414 g/mol. The lowest BCUT2D eigenvalue weighted by Gasteiger charge is -2.32. The second kappa shape index (κ2) is 11.8. The molecule has 33 heavy (non-hydrogen) atoms. The monoisotopic (exact) mass is 449 g/mol. The standard InChI is InChI=1S/C28H35NO4/c1-20(2)29(21(3)4)17-16-24(23-10-6-5-7-11-23)25-18-22-14-15-26(25)33-28(31)13-9-8-12-27(30)32-19-22/h5-11,14-15,18,20-21,24H,12-13,16-17,19H2,1-4H3/b9-8-. The van der Waals surface area contributed by atoms with Crippen molar-refractivity contribution in [1.82, 2.24) is 4.90 Å². The molecule has 2 aliphatic heterocycles. The van der Waals surface area contributed by atoms with E-state index in [1.165, 1.54) is 5.56 Å². The molecule has 0 aliphatic carbocycles. The van der Waals surface area contributed by atoms with E-state index in [0.717, 1.165) is 24.1 Å². The van der Waals surface area contributed by atoms with Gasteiger partial charge >= 0.3 is 11.9 Å². The van der Waals surface area contributed by atoms with Crippen LogP contribution in [0.15, 0.2) is 60.7 Å². The first-order valence-electron chi connectivity index (χ1n) is 11.8. The Morgan fingerprint density at radius 1 is 0.879 bits per heavy atom. The molecule has 0 N–H and O–H groups in total. The van der Waals surface area contributed by atoms with E-state index in [-0.39, 0.29) is 37.3 Å². The highest BCUT2D eigenvalue weighted by Gasteiger charge is 2.23. The lowest BCUT2D eigenvalue weighted by Crippen LogP contribution is -2.38. The van der Waals surface area contributed by atoms with Gasteiger partial charge in [-0.15, -0.1) is 0 Å². The van der Waals surface area contributed by atoms with Gasteiger partial charge in [0.2, 0.25) is 0 Å². The first-order valence-corrected chi connectivity index (χ1v) is 11.8. The van der Waals surface area contributed by atoms with Crippen molar-refractivity contribution in [2.75, 3.05) is 6.54 Å². The zero-order valence-corrected chi connectivity index (χ0v) is 20.1. The van der Waals surface area contributed by atoms with E-state index in [4.69, 9.17) is 9.47 Å². The van der Waals surface area contributed by atoms with E-state index in [9.17, 15) is 9.59 Å². The van der Waals surface area contributed by atoms with Crippen molar-refractivity contribution >= 4 is 11.9 Å². The topological polar surface area (TPSA) is 55.8 Å². The predicted molar refractivity (Wildman–Crippen MR) is 130 cm³/mol. The van der Waals surface area contributed by atoms with E-state index >= 15 is 0 Å². The Morgan fingerprint density at radius 2 is 1.55 bits per heavy atom. The summed E-state index contributed by atoms with van der Waals surface area (Å²) in [5, 5.41) is 0. The summed E-state index contributed by atoms with van der Waals surface area (Å²) >= 11 is 0.